The smallest absolute Gasteiger partial charge is 0.0641 e. The van der Waals surface area contributed by atoms with Gasteiger partial charge in [0.2, 0.25) is 0 Å². The largest absolute Gasteiger partial charge is 0.372 e. The van der Waals surface area contributed by atoms with Crippen LogP contribution in [0.25, 0.3) is 0 Å². The lowest BCUT2D eigenvalue weighted by Gasteiger charge is -2.34. The van der Waals surface area contributed by atoms with E-state index in [1.807, 2.05) is 0 Å². The summed E-state index contributed by atoms with van der Waals surface area (Å²) in [7, 11) is 0. The van der Waals surface area contributed by atoms with Crippen LogP contribution in [-0.2, 0) is 0 Å². The zero-order valence-electron chi connectivity index (χ0n) is 14.0. The molecular weight excluding hydrogens is 331 g/mol. The fourth-order valence-corrected chi connectivity index (χ4v) is 3.03. The monoisotopic (exact) mass is 358 g/mol. The van der Waals surface area contributed by atoms with Gasteiger partial charge in [0.15, 0.2) is 0 Å². The van der Waals surface area contributed by atoms with Crippen molar-refractivity contribution in [1.82, 2.24) is 10.2 Å². The Morgan fingerprint density at radius 1 is 1.13 bits per heavy atom. The van der Waals surface area contributed by atoms with Gasteiger partial charge in [-0.25, -0.2) is 0 Å². The minimum absolute atomic E-state index is 0. The van der Waals surface area contributed by atoms with E-state index in [2.05, 4.69) is 59.3 Å². The summed E-state index contributed by atoms with van der Waals surface area (Å²) in [6, 6.07) is 11.3. The molecule has 0 aromatic heterocycles. The number of rotatable bonds is 6. The van der Waals surface area contributed by atoms with Crippen molar-refractivity contribution in [2.75, 3.05) is 44.2 Å². The summed E-state index contributed by atoms with van der Waals surface area (Å²) in [5.41, 5.74) is 2.52. The molecule has 0 saturated carbocycles. The van der Waals surface area contributed by atoms with E-state index in [4.69, 9.17) is 5.26 Å². The first-order valence-corrected chi connectivity index (χ1v) is 7.96. The first kappa shape index (κ1) is 22.0. The van der Waals surface area contributed by atoms with Crippen molar-refractivity contribution in [3.05, 3.63) is 29.8 Å². The van der Waals surface area contributed by atoms with Crippen molar-refractivity contribution in [2.45, 2.75) is 26.3 Å². The third-order valence-corrected chi connectivity index (χ3v) is 4.28. The van der Waals surface area contributed by atoms with E-state index in [-0.39, 0.29) is 30.9 Å². The lowest BCUT2D eigenvalue weighted by Crippen LogP contribution is -2.45. The van der Waals surface area contributed by atoms with Gasteiger partial charge in [0, 0.05) is 51.0 Å². The molecule has 0 unspecified atom stereocenters. The lowest BCUT2D eigenvalue weighted by molar-refractivity contribution is 0.175. The third-order valence-electron chi connectivity index (χ3n) is 4.28. The fraction of sp³-hybridized carbons (Fsp3) is 0.588. The summed E-state index contributed by atoms with van der Waals surface area (Å²) < 4.78 is 0. The SMILES string of the molecule is CCN(CC)c1ccc([C@H](CC#N)N2CCNCC2)cc1.Cl.Cl. The lowest BCUT2D eigenvalue weighted by atomic mass is 10.0. The van der Waals surface area contributed by atoms with Crippen molar-refractivity contribution in [2.24, 2.45) is 0 Å². The maximum atomic E-state index is 9.15. The molecule has 0 spiro atoms. The van der Waals surface area contributed by atoms with E-state index in [1.165, 1.54) is 11.3 Å². The molecule has 0 bridgehead atoms. The Balaban J connectivity index is 0.00000242. The Morgan fingerprint density at radius 2 is 1.70 bits per heavy atom. The highest BCUT2D eigenvalue weighted by Crippen LogP contribution is 2.26. The van der Waals surface area contributed by atoms with Crippen LogP contribution in [0.1, 0.15) is 31.9 Å². The third kappa shape index (κ3) is 5.86. The molecule has 1 saturated heterocycles. The van der Waals surface area contributed by atoms with Crippen LogP contribution in [0.5, 0.6) is 0 Å². The summed E-state index contributed by atoms with van der Waals surface area (Å²) in [5, 5.41) is 12.5. The van der Waals surface area contributed by atoms with E-state index in [9.17, 15) is 0 Å². The van der Waals surface area contributed by atoms with Gasteiger partial charge in [-0.2, -0.15) is 5.26 Å². The van der Waals surface area contributed by atoms with Crippen LogP contribution in [-0.4, -0.2) is 44.2 Å². The Hall–Kier alpha value is -0.990. The van der Waals surface area contributed by atoms with Crippen LogP contribution in [0.4, 0.5) is 5.69 Å². The van der Waals surface area contributed by atoms with Gasteiger partial charge in [0.05, 0.1) is 12.5 Å². The topological polar surface area (TPSA) is 42.3 Å². The van der Waals surface area contributed by atoms with E-state index in [1.54, 1.807) is 0 Å². The molecule has 1 aliphatic heterocycles. The van der Waals surface area contributed by atoms with Crippen LogP contribution >= 0.6 is 24.8 Å². The molecule has 1 atom stereocenters. The van der Waals surface area contributed by atoms with Crippen LogP contribution in [0, 0.1) is 11.3 Å². The number of benzene rings is 1. The quantitative estimate of drug-likeness (QED) is 0.847. The number of hydrogen-bond donors (Lipinski definition) is 1. The van der Waals surface area contributed by atoms with Crippen molar-refractivity contribution >= 4 is 30.5 Å². The molecule has 1 fully saturated rings. The molecule has 23 heavy (non-hydrogen) atoms. The maximum Gasteiger partial charge on any atom is 0.0641 e. The van der Waals surface area contributed by atoms with E-state index < -0.39 is 0 Å². The summed E-state index contributed by atoms with van der Waals surface area (Å²) in [6.07, 6.45) is 0.560. The summed E-state index contributed by atoms with van der Waals surface area (Å²) in [6.45, 7) is 10.5. The molecular formula is C17H28Cl2N4. The second-order valence-corrected chi connectivity index (χ2v) is 5.43. The van der Waals surface area contributed by atoms with Crippen LogP contribution in [0.15, 0.2) is 24.3 Å². The molecule has 0 radical (unpaired) electrons. The van der Waals surface area contributed by atoms with Gasteiger partial charge in [-0.1, -0.05) is 12.1 Å². The van der Waals surface area contributed by atoms with E-state index >= 15 is 0 Å². The predicted molar refractivity (Wildman–Crippen MR) is 102 cm³/mol. The van der Waals surface area contributed by atoms with Crippen LogP contribution in [0.3, 0.4) is 0 Å². The van der Waals surface area contributed by atoms with Crippen molar-refractivity contribution in [3.8, 4) is 6.07 Å². The van der Waals surface area contributed by atoms with Crippen molar-refractivity contribution in [3.63, 3.8) is 0 Å². The number of halogens is 2. The first-order chi connectivity index (χ1) is 10.3. The number of hydrogen-bond acceptors (Lipinski definition) is 4. The molecule has 130 valence electrons. The van der Waals surface area contributed by atoms with E-state index in [0.29, 0.717) is 6.42 Å². The number of piperazine rings is 1. The summed E-state index contributed by atoms with van der Waals surface area (Å²) in [4.78, 5) is 4.76. The number of anilines is 1. The Kier molecular flexibility index (Phi) is 11.0. The zero-order chi connectivity index (χ0) is 15.1. The molecule has 1 aliphatic rings. The van der Waals surface area contributed by atoms with Crippen LogP contribution in [0.2, 0.25) is 0 Å². The molecule has 1 N–H and O–H groups in total. The zero-order valence-corrected chi connectivity index (χ0v) is 15.6. The average molecular weight is 359 g/mol. The van der Waals surface area contributed by atoms with Gasteiger partial charge in [-0.3, -0.25) is 4.90 Å². The van der Waals surface area contributed by atoms with E-state index in [0.717, 1.165) is 39.3 Å². The van der Waals surface area contributed by atoms with Gasteiger partial charge >= 0.3 is 0 Å². The minimum atomic E-state index is 0. The molecule has 1 aromatic carbocycles. The standard InChI is InChI=1S/C17H26N4.2ClH/c1-3-20(4-2)16-7-5-15(6-8-16)17(9-10-18)21-13-11-19-12-14-21;;/h5-8,17,19H,3-4,9,11-14H2,1-2H3;2*1H/t17-;;/m0../s1. The van der Waals surface area contributed by atoms with Gasteiger partial charge in [0.1, 0.15) is 0 Å². The fourth-order valence-electron chi connectivity index (χ4n) is 3.03. The summed E-state index contributed by atoms with van der Waals surface area (Å²) in [5.74, 6) is 0. The molecule has 1 heterocycles. The Morgan fingerprint density at radius 3 is 2.17 bits per heavy atom. The number of nitrogens with one attached hydrogen (secondary N) is 1. The maximum absolute atomic E-state index is 9.15. The molecule has 4 nitrogen and oxygen atoms in total. The Bertz CT molecular complexity index is 462. The van der Waals surface area contributed by atoms with Gasteiger partial charge in [0.25, 0.3) is 0 Å². The second-order valence-electron chi connectivity index (χ2n) is 5.43. The number of nitriles is 1. The normalized spacial score (nSPS) is 15.7. The van der Waals surface area contributed by atoms with Gasteiger partial charge in [-0.05, 0) is 31.5 Å². The highest BCUT2D eigenvalue weighted by atomic mass is 35.5. The number of nitrogens with zero attached hydrogens (tertiary/aromatic N) is 3. The molecule has 1 aromatic rings. The predicted octanol–water partition coefficient (Wildman–Crippen LogP) is 3.24. The first-order valence-electron chi connectivity index (χ1n) is 7.96. The molecule has 2 rings (SSSR count). The average Bonchev–Trinajstić information content (AvgIpc) is 2.55. The highest BCUT2D eigenvalue weighted by Gasteiger charge is 2.21. The van der Waals surface area contributed by atoms with Crippen molar-refractivity contribution < 1.29 is 0 Å². The van der Waals surface area contributed by atoms with Gasteiger partial charge < -0.3 is 10.2 Å². The summed E-state index contributed by atoms with van der Waals surface area (Å²) >= 11 is 0. The minimum Gasteiger partial charge on any atom is -0.372 e. The highest BCUT2D eigenvalue weighted by molar-refractivity contribution is 5.85. The molecule has 6 heteroatoms. The van der Waals surface area contributed by atoms with Crippen molar-refractivity contribution in [1.29, 1.82) is 5.26 Å². The Labute approximate surface area is 152 Å². The molecule has 0 aliphatic carbocycles. The molecule has 0 amide bonds. The van der Waals surface area contributed by atoms with Crippen LogP contribution < -0.4 is 10.2 Å². The van der Waals surface area contributed by atoms with Gasteiger partial charge in [-0.15, -0.1) is 24.8 Å². The second kappa shape index (κ2) is 11.5.